The summed E-state index contributed by atoms with van der Waals surface area (Å²) in [4.78, 5) is 57.1. The zero-order valence-corrected chi connectivity index (χ0v) is 63.8. The zero-order chi connectivity index (χ0) is 70.3. The average molecular weight is 1370 g/mol. The summed E-state index contributed by atoms with van der Waals surface area (Å²) >= 11 is 0. The number of carbonyl (C=O) groups excluding carboxylic acids is 4. The third-order valence-electron chi connectivity index (χ3n) is 19.2. The van der Waals surface area contributed by atoms with Crippen LogP contribution >= 0.6 is 0 Å². The molecule has 0 heterocycles. The summed E-state index contributed by atoms with van der Waals surface area (Å²) in [5, 5.41) is 44.9. The Morgan fingerprint density at radius 1 is 0.240 bits per heavy atom. The second kappa shape index (κ2) is 73.8. The first-order valence-electron chi connectivity index (χ1n) is 41.3. The van der Waals surface area contributed by atoms with E-state index in [0.29, 0.717) is 51.9 Å². The monoisotopic (exact) mass is 1370 g/mol. The van der Waals surface area contributed by atoms with Gasteiger partial charge in [-0.15, -0.1) is 0 Å². The van der Waals surface area contributed by atoms with E-state index in [4.69, 9.17) is 18.9 Å². The number of hydrogen-bond donors (Lipinski definition) is 4. The molecule has 0 aliphatic carbocycles. The van der Waals surface area contributed by atoms with Gasteiger partial charge in [0, 0.05) is 78.0 Å². The summed E-state index contributed by atoms with van der Waals surface area (Å²) in [7, 11) is 1.95. The molecule has 15 nitrogen and oxygen atoms in total. The minimum atomic E-state index is -1.01. The molecule has 96 heavy (non-hydrogen) atoms. The van der Waals surface area contributed by atoms with E-state index in [2.05, 4.69) is 32.6 Å². The van der Waals surface area contributed by atoms with Crippen molar-refractivity contribution in [2.45, 2.75) is 412 Å². The standard InChI is InChI=1S/C81H159N3O12/c1-6-10-14-18-22-26-30-34-38-42-46-50-54-58-78(89)93-70-74(85)66-83(67-75(86)71-94-79(90)59-55-51-47-43-39-35-31-27-23-19-15-11-7-2)64-62-82(5)63-65-84(68-76(87)72-95-80(91)60-56-52-48-44-40-36-32-28-24-20-16-12-8-3)69-77(88)73-96-81(92)61-57-53-49-45-41-37-33-29-25-21-17-13-9-4/h74-77,85-88H,6-73H2,1-5H3. The Labute approximate surface area is 591 Å². The van der Waals surface area contributed by atoms with Crippen LogP contribution in [0.2, 0.25) is 0 Å². The van der Waals surface area contributed by atoms with Crippen molar-refractivity contribution in [1.82, 2.24) is 14.7 Å². The molecule has 0 saturated heterocycles. The van der Waals surface area contributed by atoms with E-state index in [0.717, 1.165) is 77.0 Å². The molecule has 0 amide bonds. The van der Waals surface area contributed by atoms with Crippen molar-refractivity contribution in [3.05, 3.63) is 0 Å². The van der Waals surface area contributed by atoms with Crippen LogP contribution in [0.15, 0.2) is 0 Å². The molecule has 0 bridgehead atoms. The van der Waals surface area contributed by atoms with Gasteiger partial charge in [0.05, 0.1) is 0 Å². The van der Waals surface area contributed by atoms with Gasteiger partial charge >= 0.3 is 23.9 Å². The minimum absolute atomic E-state index is 0.116. The van der Waals surface area contributed by atoms with Gasteiger partial charge in [0.25, 0.3) is 0 Å². The molecule has 0 aromatic carbocycles. The Morgan fingerprint density at radius 2 is 0.385 bits per heavy atom. The lowest BCUT2D eigenvalue weighted by atomic mass is 10.0. The third-order valence-corrected chi connectivity index (χ3v) is 19.2. The quantitative estimate of drug-likeness (QED) is 0.0255. The Morgan fingerprint density at radius 3 is 0.542 bits per heavy atom. The van der Waals surface area contributed by atoms with Crippen molar-refractivity contribution in [2.24, 2.45) is 0 Å². The molecule has 0 radical (unpaired) electrons. The van der Waals surface area contributed by atoms with Crippen LogP contribution in [0.1, 0.15) is 387 Å². The van der Waals surface area contributed by atoms with Gasteiger partial charge in [-0.2, -0.15) is 0 Å². The summed E-state index contributed by atoms with van der Waals surface area (Å²) in [5.41, 5.74) is 0. The van der Waals surface area contributed by atoms with Crippen LogP contribution in [0.5, 0.6) is 0 Å². The number of unbranched alkanes of at least 4 members (excludes halogenated alkanes) is 48. The predicted octanol–water partition coefficient (Wildman–Crippen LogP) is 19.1. The summed E-state index contributed by atoms with van der Waals surface area (Å²) < 4.78 is 22.2. The molecule has 0 spiro atoms. The number of ether oxygens (including phenoxy) is 4. The largest absolute Gasteiger partial charge is 0.463 e. The van der Waals surface area contributed by atoms with Crippen molar-refractivity contribution in [2.75, 3.05) is 85.8 Å². The van der Waals surface area contributed by atoms with Gasteiger partial charge in [-0.3, -0.25) is 29.0 Å². The Hall–Kier alpha value is -2.40. The van der Waals surface area contributed by atoms with E-state index in [-0.39, 0.29) is 76.5 Å². The van der Waals surface area contributed by atoms with Crippen LogP contribution in [-0.2, 0) is 38.1 Å². The molecule has 570 valence electrons. The molecule has 0 aromatic rings. The molecule has 0 aliphatic rings. The van der Waals surface area contributed by atoms with Crippen molar-refractivity contribution < 1.29 is 58.6 Å². The lowest BCUT2D eigenvalue weighted by Crippen LogP contribution is -2.46. The predicted molar refractivity (Wildman–Crippen MR) is 399 cm³/mol. The number of likely N-dealkylation sites (N-methyl/N-ethyl adjacent to an activating group) is 1. The van der Waals surface area contributed by atoms with Crippen LogP contribution in [0.3, 0.4) is 0 Å². The van der Waals surface area contributed by atoms with E-state index in [1.807, 2.05) is 16.8 Å². The number of hydrogen-bond acceptors (Lipinski definition) is 15. The molecule has 4 atom stereocenters. The van der Waals surface area contributed by atoms with Crippen molar-refractivity contribution in [1.29, 1.82) is 0 Å². The lowest BCUT2D eigenvalue weighted by molar-refractivity contribution is -0.148. The van der Waals surface area contributed by atoms with Crippen LogP contribution in [0.25, 0.3) is 0 Å². The summed E-state index contributed by atoms with van der Waals surface area (Å²) in [6.45, 7) is 10.6. The number of esters is 4. The Kier molecular flexibility index (Phi) is 72.0. The number of nitrogens with zero attached hydrogens (tertiary/aromatic N) is 3. The molecular formula is C81H159N3O12. The average Bonchev–Trinajstić information content (AvgIpc) is 3.75. The van der Waals surface area contributed by atoms with Crippen molar-refractivity contribution in [3.63, 3.8) is 0 Å². The maximum absolute atomic E-state index is 12.8. The SMILES string of the molecule is CCCCCCCCCCCCCCCC(=O)OCC(O)CN(CCN(C)CCN(CC(O)COC(=O)CCCCCCCCCCCCCCC)CC(O)COC(=O)CCCCCCCCCCCCCCC)CC(O)COC(=O)CCCCCCCCCCCCCCC. The fraction of sp³-hybridized carbons (Fsp3) is 0.951. The maximum Gasteiger partial charge on any atom is 0.305 e. The Bertz CT molecular complexity index is 1440. The number of carbonyl (C=O) groups is 4. The van der Waals surface area contributed by atoms with Crippen LogP contribution in [0.4, 0.5) is 0 Å². The summed E-state index contributed by atoms with van der Waals surface area (Å²) in [5.74, 6) is -1.31. The summed E-state index contributed by atoms with van der Waals surface area (Å²) in [6.07, 6.45) is 60.5. The molecule has 0 rings (SSSR count). The number of aliphatic hydroxyl groups excluding tert-OH is 4. The Balaban J connectivity index is 5.51. The molecule has 0 fully saturated rings. The van der Waals surface area contributed by atoms with E-state index >= 15 is 0 Å². The van der Waals surface area contributed by atoms with Gasteiger partial charge in [0.2, 0.25) is 0 Å². The van der Waals surface area contributed by atoms with Gasteiger partial charge in [0.15, 0.2) is 0 Å². The maximum atomic E-state index is 12.8. The normalized spacial score (nSPS) is 13.0. The number of rotatable bonds is 78. The fourth-order valence-corrected chi connectivity index (χ4v) is 12.8. The van der Waals surface area contributed by atoms with E-state index in [1.165, 1.54) is 257 Å². The third kappa shape index (κ3) is 70.1. The highest BCUT2D eigenvalue weighted by molar-refractivity contribution is 5.70. The van der Waals surface area contributed by atoms with Crippen LogP contribution in [0, 0.1) is 0 Å². The van der Waals surface area contributed by atoms with Crippen LogP contribution < -0.4 is 0 Å². The lowest BCUT2D eigenvalue weighted by Gasteiger charge is -2.31. The van der Waals surface area contributed by atoms with E-state index in [9.17, 15) is 39.6 Å². The van der Waals surface area contributed by atoms with Gasteiger partial charge in [-0.25, -0.2) is 0 Å². The first-order chi connectivity index (χ1) is 46.8. The molecule has 0 aliphatic heterocycles. The molecule has 0 saturated carbocycles. The second-order valence-electron chi connectivity index (χ2n) is 29.1. The molecule has 4 N–H and O–H groups in total. The van der Waals surface area contributed by atoms with Crippen LogP contribution in [-0.4, -0.2) is 169 Å². The minimum Gasteiger partial charge on any atom is -0.463 e. The first-order valence-corrected chi connectivity index (χ1v) is 41.3. The second-order valence-corrected chi connectivity index (χ2v) is 29.1. The highest BCUT2D eigenvalue weighted by Gasteiger charge is 2.22. The molecule has 15 heteroatoms. The zero-order valence-electron chi connectivity index (χ0n) is 63.8. The molecular weight excluding hydrogens is 1210 g/mol. The topological polar surface area (TPSA) is 196 Å². The van der Waals surface area contributed by atoms with Crippen molar-refractivity contribution >= 4 is 23.9 Å². The van der Waals surface area contributed by atoms with E-state index < -0.39 is 24.4 Å². The van der Waals surface area contributed by atoms with Gasteiger partial charge in [-0.1, -0.05) is 336 Å². The highest BCUT2D eigenvalue weighted by Crippen LogP contribution is 2.19. The highest BCUT2D eigenvalue weighted by atomic mass is 16.6. The first kappa shape index (κ1) is 93.6. The smallest absolute Gasteiger partial charge is 0.305 e. The van der Waals surface area contributed by atoms with Gasteiger partial charge in [-0.05, 0) is 32.7 Å². The fourth-order valence-electron chi connectivity index (χ4n) is 12.8. The van der Waals surface area contributed by atoms with Gasteiger partial charge in [0.1, 0.15) is 50.8 Å². The molecule has 4 unspecified atom stereocenters. The van der Waals surface area contributed by atoms with Crippen molar-refractivity contribution in [3.8, 4) is 0 Å². The molecule has 0 aromatic heterocycles. The number of aliphatic hydroxyl groups is 4. The van der Waals surface area contributed by atoms with Gasteiger partial charge < -0.3 is 44.3 Å². The van der Waals surface area contributed by atoms with E-state index in [1.54, 1.807) is 0 Å². The summed E-state index contributed by atoms with van der Waals surface area (Å²) in [6, 6.07) is 0.